The first kappa shape index (κ1) is 71.5. The summed E-state index contributed by atoms with van der Waals surface area (Å²) in [6.07, 6.45) is 88.9. The first-order valence-corrected chi connectivity index (χ1v) is 31.2. The van der Waals surface area contributed by atoms with E-state index in [4.69, 9.17) is 14.2 Å². The van der Waals surface area contributed by atoms with E-state index in [0.717, 1.165) is 116 Å². The summed E-state index contributed by atoms with van der Waals surface area (Å²) in [5, 5.41) is 0. The highest BCUT2D eigenvalue weighted by molar-refractivity contribution is 5.71. The molecule has 1 atom stereocenters. The summed E-state index contributed by atoms with van der Waals surface area (Å²) in [4.78, 5) is 38.3. The lowest BCUT2D eigenvalue weighted by Gasteiger charge is -2.18. The Hall–Kier alpha value is -4.45. The number of rotatable bonds is 55. The van der Waals surface area contributed by atoms with E-state index in [2.05, 4.69) is 148 Å². The standard InChI is InChI=1S/C70H114O6/c1-4-7-10-13-16-19-22-25-28-30-32-33-34-35-36-37-39-40-42-45-48-51-54-57-60-63-69(72)75-66-67(65-74-68(71)62-59-56-53-50-47-44-27-24-21-18-15-12-9-6-3)76-70(73)64-61-58-55-52-49-46-43-41-38-31-29-26-23-20-17-14-11-8-5-2/h7-8,10-11,16-17,19-20,25-26,28-29,32-33,35-36,38,41,46,49,55,58,67H,4-6,9,12-15,18,21-24,27,30-31,34,37,39-40,42-45,47-48,50-54,56-57,59-66H2,1-3H3/b10-7-,11-8-,19-16-,20-17-,28-25-,29-26-,33-32-,36-35-,41-38-,49-46-,58-55-. The van der Waals surface area contributed by atoms with Gasteiger partial charge >= 0.3 is 17.9 Å². The van der Waals surface area contributed by atoms with Gasteiger partial charge in [0, 0.05) is 19.3 Å². The monoisotopic (exact) mass is 1050 g/mol. The molecule has 0 aromatic heterocycles. The molecule has 0 saturated carbocycles. The van der Waals surface area contributed by atoms with Crippen molar-refractivity contribution in [2.75, 3.05) is 13.2 Å². The van der Waals surface area contributed by atoms with E-state index in [0.29, 0.717) is 19.3 Å². The van der Waals surface area contributed by atoms with Gasteiger partial charge in [0.1, 0.15) is 13.2 Å². The van der Waals surface area contributed by atoms with Crippen molar-refractivity contribution in [3.63, 3.8) is 0 Å². The zero-order chi connectivity index (χ0) is 55.0. The molecule has 0 saturated heterocycles. The SMILES string of the molecule is CC/C=C\C/C=C\C/C=C\C/C=C\C/C=C\C/C=C\CCC(=O)OC(COC(=O)CCCCCCCCCCC/C=C\C/C=C\C/C=C\C/C=C\C/C=C\CC)COC(=O)CCCCCCCCCCCCCCCC. The molecule has 0 radical (unpaired) electrons. The van der Waals surface area contributed by atoms with E-state index in [1.54, 1.807) is 0 Å². The van der Waals surface area contributed by atoms with Crippen molar-refractivity contribution in [2.45, 2.75) is 277 Å². The van der Waals surface area contributed by atoms with Gasteiger partial charge in [0.2, 0.25) is 0 Å². The molecule has 0 fully saturated rings. The Bertz CT molecular complexity index is 1630. The Kier molecular flexibility index (Phi) is 59.4. The summed E-state index contributed by atoms with van der Waals surface area (Å²) in [6.45, 7) is 6.36. The lowest BCUT2D eigenvalue weighted by atomic mass is 10.0. The second-order valence-electron chi connectivity index (χ2n) is 20.2. The summed E-state index contributed by atoms with van der Waals surface area (Å²) in [5.41, 5.74) is 0. The van der Waals surface area contributed by atoms with Crippen LogP contribution in [-0.4, -0.2) is 37.2 Å². The number of unbranched alkanes of at least 4 members (excludes halogenated alkanes) is 22. The molecule has 6 nitrogen and oxygen atoms in total. The van der Waals surface area contributed by atoms with E-state index in [9.17, 15) is 14.4 Å². The maximum atomic E-state index is 12.9. The number of hydrogen-bond acceptors (Lipinski definition) is 6. The third kappa shape index (κ3) is 60.4. The maximum absolute atomic E-state index is 12.9. The minimum Gasteiger partial charge on any atom is -0.462 e. The van der Waals surface area contributed by atoms with Gasteiger partial charge in [-0.05, 0) is 103 Å². The van der Waals surface area contributed by atoms with Gasteiger partial charge in [0.05, 0.1) is 0 Å². The second kappa shape index (κ2) is 63.1. The van der Waals surface area contributed by atoms with Crippen molar-refractivity contribution in [3.8, 4) is 0 Å². The van der Waals surface area contributed by atoms with Crippen LogP contribution in [0.3, 0.4) is 0 Å². The largest absolute Gasteiger partial charge is 0.462 e. The highest BCUT2D eigenvalue weighted by Gasteiger charge is 2.19. The van der Waals surface area contributed by atoms with Crippen LogP contribution in [0.4, 0.5) is 0 Å². The normalized spacial score (nSPS) is 13.0. The Morgan fingerprint density at radius 1 is 0.276 bits per heavy atom. The quantitative estimate of drug-likeness (QED) is 0.0261. The van der Waals surface area contributed by atoms with Gasteiger partial charge in [-0.25, -0.2) is 0 Å². The zero-order valence-electron chi connectivity index (χ0n) is 49.2. The average molecular weight is 1050 g/mol. The van der Waals surface area contributed by atoms with Crippen molar-refractivity contribution in [2.24, 2.45) is 0 Å². The molecule has 0 N–H and O–H groups in total. The molecular weight excluding hydrogens is 937 g/mol. The van der Waals surface area contributed by atoms with Gasteiger partial charge < -0.3 is 14.2 Å². The highest BCUT2D eigenvalue weighted by Crippen LogP contribution is 2.15. The van der Waals surface area contributed by atoms with Gasteiger partial charge in [-0.1, -0.05) is 283 Å². The van der Waals surface area contributed by atoms with Crippen LogP contribution in [0.5, 0.6) is 0 Å². The van der Waals surface area contributed by atoms with Crippen LogP contribution in [0, 0.1) is 0 Å². The fraction of sp³-hybridized carbons (Fsp3) is 0.643. The minimum absolute atomic E-state index is 0.111. The van der Waals surface area contributed by atoms with E-state index in [1.165, 1.54) is 109 Å². The number of ether oxygens (including phenoxy) is 3. The third-order valence-corrected chi connectivity index (χ3v) is 12.9. The molecule has 0 aromatic rings. The minimum atomic E-state index is -0.825. The van der Waals surface area contributed by atoms with Gasteiger partial charge in [0.15, 0.2) is 6.10 Å². The second-order valence-corrected chi connectivity index (χ2v) is 20.2. The highest BCUT2D eigenvalue weighted by atomic mass is 16.6. The van der Waals surface area contributed by atoms with Crippen molar-refractivity contribution in [1.29, 1.82) is 0 Å². The molecule has 0 aliphatic heterocycles. The smallest absolute Gasteiger partial charge is 0.306 e. The van der Waals surface area contributed by atoms with Crippen LogP contribution in [0.25, 0.3) is 0 Å². The number of esters is 3. The molecule has 0 aromatic carbocycles. The van der Waals surface area contributed by atoms with E-state index in [-0.39, 0.29) is 31.6 Å². The van der Waals surface area contributed by atoms with Crippen molar-refractivity contribution in [3.05, 3.63) is 134 Å². The molecule has 0 aliphatic rings. The van der Waals surface area contributed by atoms with Crippen LogP contribution in [-0.2, 0) is 28.6 Å². The van der Waals surface area contributed by atoms with Gasteiger partial charge in [-0.3, -0.25) is 14.4 Å². The predicted octanol–water partition coefficient (Wildman–Crippen LogP) is 21.4. The topological polar surface area (TPSA) is 78.9 Å². The molecule has 0 rings (SSSR count). The number of allylic oxidation sites excluding steroid dienone is 22. The molecular formula is C70H114O6. The van der Waals surface area contributed by atoms with E-state index >= 15 is 0 Å². The Labute approximate surface area is 468 Å². The summed E-state index contributed by atoms with van der Waals surface area (Å²) in [6, 6.07) is 0. The summed E-state index contributed by atoms with van der Waals surface area (Å²) >= 11 is 0. The van der Waals surface area contributed by atoms with Gasteiger partial charge in [-0.2, -0.15) is 0 Å². The predicted molar refractivity (Wildman–Crippen MR) is 329 cm³/mol. The van der Waals surface area contributed by atoms with Gasteiger partial charge in [0.25, 0.3) is 0 Å². The number of carbonyl (C=O) groups excluding carboxylic acids is 3. The molecule has 0 spiro atoms. The fourth-order valence-corrected chi connectivity index (χ4v) is 8.32. The Morgan fingerprint density at radius 2 is 0.539 bits per heavy atom. The lowest BCUT2D eigenvalue weighted by Crippen LogP contribution is -2.30. The van der Waals surface area contributed by atoms with Crippen molar-refractivity contribution >= 4 is 17.9 Å². The molecule has 76 heavy (non-hydrogen) atoms. The molecule has 0 aliphatic carbocycles. The van der Waals surface area contributed by atoms with E-state index in [1.807, 2.05) is 6.08 Å². The average Bonchev–Trinajstić information content (AvgIpc) is 3.42. The molecule has 6 heteroatoms. The molecule has 0 heterocycles. The number of carbonyl (C=O) groups is 3. The Balaban J connectivity index is 4.46. The molecule has 0 amide bonds. The third-order valence-electron chi connectivity index (χ3n) is 12.9. The summed E-state index contributed by atoms with van der Waals surface area (Å²) in [7, 11) is 0. The molecule has 430 valence electrons. The first-order chi connectivity index (χ1) is 37.5. The van der Waals surface area contributed by atoms with Crippen molar-refractivity contribution < 1.29 is 28.6 Å². The Morgan fingerprint density at radius 3 is 0.855 bits per heavy atom. The van der Waals surface area contributed by atoms with Crippen LogP contribution in [0.15, 0.2) is 134 Å². The lowest BCUT2D eigenvalue weighted by molar-refractivity contribution is -0.166. The van der Waals surface area contributed by atoms with Gasteiger partial charge in [-0.15, -0.1) is 0 Å². The fourth-order valence-electron chi connectivity index (χ4n) is 8.32. The number of hydrogen-bond donors (Lipinski definition) is 0. The summed E-state index contributed by atoms with van der Waals surface area (Å²) in [5.74, 6) is -1.00. The van der Waals surface area contributed by atoms with Crippen LogP contribution >= 0.6 is 0 Å². The van der Waals surface area contributed by atoms with E-state index < -0.39 is 12.1 Å². The van der Waals surface area contributed by atoms with Crippen LogP contribution in [0.1, 0.15) is 271 Å². The zero-order valence-corrected chi connectivity index (χ0v) is 49.2. The summed E-state index contributed by atoms with van der Waals surface area (Å²) < 4.78 is 16.8. The maximum Gasteiger partial charge on any atom is 0.306 e. The first-order valence-electron chi connectivity index (χ1n) is 31.2. The molecule has 0 bridgehead atoms. The molecule has 1 unspecified atom stereocenters. The van der Waals surface area contributed by atoms with Crippen LogP contribution < -0.4 is 0 Å². The van der Waals surface area contributed by atoms with Crippen LogP contribution in [0.2, 0.25) is 0 Å². The van der Waals surface area contributed by atoms with Crippen molar-refractivity contribution in [1.82, 2.24) is 0 Å².